The molecule has 0 saturated carbocycles. The largest absolute Gasteiger partial charge is 0.504 e. The molecule has 0 aliphatic heterocycles. The van der Waals surface area contributed by atoms with Crippen molar-refractivity contribution in [2.24, 2.45) is 0 Å². The van der Waals surface area contributed by atoms with E-state index in [0.29, 0.717) is 51.7 Å². The van der Waals surface area contributed by atoms with E-state index in [-0.39, 0.29) is 35.1 Å². The zero-order valence-corrected chi connectivity index (χ0v) is 23.0. The van der Waals surface area contributed by atoms with Gasteiger partial charge in [0, 0.05) is 32.6 Å². The van der Waals surface area contributed by atoms with E-state index >= 15 is 0 Å². The van der Waals surface area contributed by atoms with E-state index in [1.165, 1.54) is 36.4 Å². The van der Waals surface area contributed by atoms with Gasteiger partial charge in [-0.05, 0) is 56.9 Å². The summed E-state index contributed by atoms with van der Waals surface area (Å²) in [6.45, 7) is 11.2. The molecule has 0 radical (unpaired) electrons. The summed E-state index contributed by atoms with van der Waals surface area (Å²) in [7, 11) is 0. The molecule has 10 nitrogen and oxygen atoms in total. The van der Waals surface area contributed by atoms with E-state index in [2.05, 4.69) is 17.2 Å². The van der Waals surface area contributed by atoms with Gasteiger partial charge in [-0.15, -0.1) is 6.58 Å². The zero-order chi connectivity index (χ0) is 29.4. The van der Waals surface area contributed by atoms with Crippen molar-refractivity contribution in [2.45, 2.75) is 52.9 Å². The van der Waals surface area contributed by atoms with Gasteiger partial charge >= 0.3 is 0 Å². The van der Waals surface area contributed by atoms with Gasteiger partial charge in [0.25, 0.3) is 11.8 Å². The number of aromatic hydroxyl groups is 4. The third-order valence-corrected chi connectivity index (χ3v) is 5.67. The standard InChI is InChI=1S/C27H35N3O7.C2H6/c1-18(2)12-13-23(33)30(17-7-15-29-27(37)20-9-6-11-22(32)25(20)35)16-4-3-14-28-26(36)19-8-5-10-21(31)24(19)34;1-2/h5-6,8-11,31-32,34-35H,1,3-4,7,12-17H2,2H3,(H,28,36)(H,29,37);1-2H3. The van der Waals surface area contributed by atoms with Crippen LogP contribution in [0.1, 0.15) is 73.6 Å². The Kier molecular flexibility index (Phi) is 14.6. The number of hydrogen-bond acceptors (Lipinski definition) is 7. The monoisotopic (exact) mass is 543 g/mol. The number of phenols is 4. The van der Waals surface area contributed by atoms with Gasteiger partial charge in [-0.25, -0.2) is 0 Å². The van der Waals surface area contributed by atoms with Crippen molar-refractivity contribution in [2.75, 3.05) is 26.2 Å². The van der Waals surface area contributed by atoms with Crippen LogP contribution in [0.5, 0.6) is 23.0 Å². The van der Waals surface area contributed by atoms with Crippen molar-refractivity contribution in [1.29, 1.82) is 0 Å². The van der Waals surface area contributed by atoms with Crippen molar-refractivity contribution in [3.8, 4) is 23.0 Å². The molecule has 0 bridgehead atoms. The lowest BCUT2D eigenvalue weighted by Gasteiger charge is -2.23. The molecule has 10 heteroatoms. The normalized spacial score (nSPS) is 10.1. The molecule has 0 spiro atoms. The summed E-state index contributed by atoms with van der Waals surface area (Å²) in [5.74, 6) is -2.76. The Bertz CT molecular complexity index is 1120. The third-order valence-electron chi connectivity index (χ3n) is 5.67. The van der Waals surface area contributed by atoms with Crippen molar-refractivity contribution >= 4 is 17.7 Å². The van der Waals surface area contributed by atoms with Crippen molar-refractivity contribution in [1.82, 2.24) is 15.5 Å². The maximum atomic E-state index is 12.7. The van der Waals surface area contributed by atoms with Crippen molar-refractivity contribution < 1.29 is 34.8 Å². The maximum absolute atomic E-state index is 12.7. The highest BCUT2D eigenvalue weighted by Gasteiger charge is 2.16. The maximum Gasteiger partial charge on any atom is 0.255 e. The number of rotatable bonds is 14. The van der Waals surface area contributed by atoms with E-state index in [0.717, 1.165) is 5.57 Å². The molecule has 0 saturated heterocycles. The van der Waals surface area contributed by atoms with Crippen LogP contribution in [-0.4, -0.2) is 69.2 Å². The molecule has 0 aliphatic carbocycles. The number of carbonyl (C=O) groups is 3. The van der Waals surface area contributed by atoms with Crippen LogP contribution in [0.3, 0.4) is 0 Å². The van der Waals surface area contributed by atoms with E-state index < -0.39 is 23.3 Å². The topological polar surface area (TPSA) is 159 Å². The molecule has 2 aromatic carbocycles. The predicted molar refractivity (Wildman–Crippen MR) is 150 cm³/mol. The van der Waals surface area contributed by atoms with E-state index in [9.17, 15) is 34.8 Å². The SMILES string of the molecule is C=C(C)CCC(=O)N(CCCCNC(=O)c1cccc(O)c1O)CCCNC(=O)c1cccc(O)c1O.CC. The van der Waals surface area contributed by atoms with Crippen LogP contribution in [0.15, 0.2) is 48.6 Å². The second-order valence-electron chi connectivity index (χ2n) is 8.76. The Morgan fingerprint density at radius 3 is 1.69 bits per heavy atom. The van der Waals surface area contributed by atoms with Crippen LogP contribution >= 0.6 is 0 Å². The Hall–Kier alpha value is -4.21. The molecule has 2 aromatic rings. The van der Waals surface area contributed by atoms with Gasteiger partial charge in [0.1, 0.15) is 0 Å². The molecule has 0 atom stereocenters. The summed E-state index contributed by atoms with van der Waals surface area (Å²) in [4.78, 5) is 38.9. The summed E-state index contributed by atoms with van der Waals surface area (Å²) >= 11 is 0. The number of nitrogens with one attached hydrogen (secondary N) is 2. The number of carbonyl (C=O) groups excluding carboxylic acids is 3. The first kappa shape index (κ1) is 32.8. The highest BCUT2D eigenvalue weighted by molar-refractivity contribution is 5.98. The highest BCUT2D eigenvalue weighted by Crippen LogP contribution is 2.28. The van der Waals surface area contributed by atoms with Gasteiger partial charge in [-0.2, -0.15) is 0 Å². The first-order valence-electron chi connectivity index (χ1n) is 13.1. The number of hydrogen-bond donors (Lipinski definition) is 6. The molecule has 6 N–H and O–H groups in total. The zero-order valence-electron chi connectivity index (χ0n) is 23.0. The summed E-state index contributed by atoms with van der Waals surface area (Å²) in [6.07, 6.45) is 2.59. The van der Waals surface area contributed by atoms with Gasteiger partial charge in [0.2, 0.25) is 5.91 Å². The average molecular weight is 544 g/mol. The number of phenolic OH excluding ortho intramolecular Hbond substituents is 4. The molecule has 0 unspecified atom stereocenters. The molecular formula is C29H41N3O7. The molecule has 0 aliphatic rings. The Labute approximate surface area is 230 Å². The van der Waals surface area contributed by atoms with Gasteiger partial charge in [0.15, 0.2) is 23.0 Å². The van der Waals surface area contributed by atoms with Crippen LogP contribution in [0.25, 0.3) is 0 Å². The Balaban J connectivity index is 0.00000371. The fourth-order valence-electron chi connectivity index (χ4n) is 3.56. The van der Waals surface area contributed by atoms with Crippen LogP contribution < -0.4 is 10.6 Å². The van der Waals surface area contributed by atoms with Gasteiger partial charge in [-0.3, -0.25) is 14.4 Å². The first-order valence-corrected chi connectivity index (χ1v) is 13.1. The fourth-order valence-corrected chi connectivity index (χ4v) is 3.56. The van der Waals surface area contributed by atoms with E-state index in [1.54, 1.807) is 4.90 Å². The number of allylic oxidation sites excluding steroid dienone is 1. The fraction of sp³-hybridized carbons (Fsp3) is 0.414. The molecular weight excluding hydrogens is 502 g/mol. The summed E-state index contributed by atoms with van der Waals surface area (Å²) in [5, 5.41) is 44.1. The van der Waals surface area contributed by atoms with Gasteiger partial charge in [-0.1, -0.05) is 31.6 Å². The minimum Gasteiger partial charge on any atom is -0.504 e. The lowest BCUT2D eigenvalue weighted by atomic mass is 10.1. The lowest BCUT2D eigenvalue weighted by molar-refractivity contribution is -0.131. The molecule has 2 rings (SSSR count). The Morgan fingerprint density at radius 2 is 1.21 bits per heavy atom. The first-order chi connectivity index (χ1) is 18.6. The van der Waals surface area contributed by atoms with Crippen LogP contribution in [0, 0.1) is 0 Å². The van der Waals surface area contributed by atoms with Crippen molar-refractivity contribution in [3.63, 3.8) is 0 Å². The molecule has 3 amide bonds. The summed E-state index contributed by atoms with van der Waals surface area (Å²) in [6, 6.07) is 8.30. The number of unbranched alkanes of at least 4 members (excludes halogenated alkanes) is 1. The van der Waals surface area contributed by atoms with Crippen molar-refractivity contribution in [3.05, 3.63) is 59.7 Å². The number of para-hydroxylation sites is 2. The minimum atomic E-state index is -0.526. The van der Waals surface area contributed by atoms with Crippen LogP contribution in [0.2, 0.25) is 0 Å². The summed E-state index contributed by atoms with van der Waals surface area (Å²) < 4.78 is 0. The highest BCUT2D eigenvalue weighted by atomic mass is 16.3. The molecule has 0 heterocycles. The van der Waals surface area contributed by atoms with Crippen LogP contribution in [0.4, 0.5) is 0 Å². The molecule has 39 heavy (non-hydrogen) atoms. The Morgan fingerprint density at radius 1 is 0.744 bits per heavy atom. The minimum absolute atomic E-state index is 0.0160. The number of benzene rings is 2. The van der Waals surface area contributed by atoms with Gasteiger partial charge in [0.05, 0.1) is 11.1 Å². The second kappa shape index (κ2) is 17.3. The van der Waals surface area contributed by atoms with E-state index in [1.807, 2.05) is 20.8 Å². The average Bonchev–Trinajstić information content (AvgIpc) is 2.92. The van der Waals surface area contributed by atoms with Gasteiger partial charge < -0.3 is 36.0 Å². The summed E-state index contributed by atoms with van der Waals surface area (Å²) in [5.41, 5.74) is 0.859. The smallest absolute Gasteiger partial charge is 0.255 e. The molecule has 0 aromatic heterocycles. The second-order valence-corrected chi connectivity index (χ2v) is 8.76. The molecule has 0 fully saturated rings. The molecule has 214 valence electrons. The lowest BCUT2D eigenvalue weighted by Crippen LogP contribution is -2.35. The number of nitrogens with zero attached hydrogens (tertiary/aromatic N) is 1. The van der Waals surface area contributed by atoms with Crippen LogP contribution in [-0.2, 0) is 4.79 Å². The third kappa shape index (κ3) is 11.0. The van der Waals surface area contributed by atoms with E-state index in [4.69, 9.17) is 0 Å². The number of amides is 3. The quantitative estimate of drug-likeness (QED) is 0.119. The predicted octanol–water partition coefficient (Wildman–Crippen LogP) is 4.05.